The van der Waals surface area contributed by atoms with Crippen LogP contribution in [0.5, 0.6) is 0 Å². The minimum Gasteiger partial charge on any atom is -0.372 e. The van der Waals surface area contributed by atoms with Gasteiger partial charge in [-0.2, -0.15) is 4.31 Å². The zero-order valence-corrected chi connectivity index (χ0v) is 10.4. The molecule has 2 bridgehead atoms. The molecule has 2 aliphatic rings. The lowest BCUT2D eigenvalue weighted by Crippen LogP contribution is -2.50. The molecule has 2 saturated heterocycles. The molecule has 0 aliphatic carbocycles. The number of hydrogen-bond donors (Lipinski definition) is 1. The molecule has 94 valence electrons. The summed E-state index contributed by atoms with van der Waals surface area (Å²) in [7, 11) is -3.22. The highest BCUT2D eigenvalue weighted by atomic mass is 32.2. The standard InChI is InChI=1S/C10H20N2O3S/c1-2-10(5-11)16(13,14)12-6-8-3-4-9(7-12)15-8/h8-10H,2-7,11H2,1H3. The molecule has 2 aliphatic heterocycles. The quantitative estimate of drug-likeness (QED) is 0.755. The molecule has 5 nitrogen and oxygen atoms in total. The van der Waals surface area contributed by atoms with Gasteiger partial charge in [-0.3, -0.25) is 0 Å². The van der Waals surface area contributed by atoms with Gasteiger partial charge in [-0.1, -0.05) is 6.92 Å². The van der Waals surface area contributed by atoms with E-state index in [-0.39, 0.29) is 18.8 Å². The van der Waals surface area contributed by atoms with Crippen LogP contribution in [0.15, 0.2) is 0 Å². The van der Waals surface area contributed by atoms with E-state index in [1.54, 1.807) is 4.31 Å². The maximum atomic E-state index is 12.3. The van der Waals surface area contributed by atoms with Gasteiger partial charge in [-0.25, -0.2) is 8.42 Å². The van der Waals surface area contributed by atoms with E-state index in [4.69, 9.17) is 10.5 Å². The number of nitrogens with two attached hydrogens (primary N) is 1. The van der Waals surface area contributed by atoms with Gasteiger partial charge >= 0.3 is 0 Å². The Bertz CT molecular complexity index is 328. The first kappa shape index (κ1) is 12.3. The van der Waals surface area contributed by atoms with Crippen molar-refractivity contribution in [3.05, 3.63) is 0 Å². The van der Waals surface area contributed by atoms with Gasteiger partial charge in [-0.15, -0.1) is 0 Å². The Balaban J connectivity index is 2.12. The van der Waals surface area contributed by atoms with Crippen LogP contribution in [-0.4, -0.2) is 49.8 Å². The molecule has 0 aromatic rings. The first-order chi connectivity index (χ1) is 7.57. The smallest absolute Gasteiger partial charge is 0.218 e. The number of nitrogens with zero attached hydrogens (tertiary/aromatic N) is 1. The van der Waals surface area contributed by atoms with Crippen molar-refractivity contribution < 1.29 is 13.2 Å². The van der Waals surface area contributed by atoms with Crippen molar-refractivity contribution in [1.82, 2.24) is 4.31 Å². The predicted molar refractivity (Wildman–Crippen MR) is 61.5 cm³/mol. The average molecular weight is 248 g/mol. The normalized spacial score (nSPS) is 32.9. The van der Waals surface area contributed by atoms with Crippen LogP contribution in [0.4, 0.5) is 0 Å². The molecular formula is C10H20N2O3S. The summed E-state index contributed by atoms with van der Waals surface area (Å²) in [5, 5.41) is -0.440. The van der Waals surface area contributed by atoms with Crippen LogP contribution in [0.25, 0.3) is 0 Å². The molecule has 16 heavy (non-hydrogen) atoms. The maximum absolute atomic E-state index is 12.3. The van der Waals surface area contributed by atoms with Crippen LogP contribution in [0.1, 0.15) is 26.2 Å². The second-order valence-corrected chi connectivity index (χ2v) is 6.80. The highest BCUT2D eigenvalue weighted by molar-refractivity contribution is 7.89. The average Bonchev–Trinajstić information content (AvgIpc) is 2.59. The number of fused-ring (bicyclic) bond motifs is 2. The summed E-state index contributed by atoms with van der Waals surface area (Å²) in [5.74, 6) is 0. The maximum Gasteiger partial charge on any atom is 0.218 e. The predicted octanol–water partition coefficient (Wildman–Crippen LogP) is -0.0833. The molecule has 3 unspecified atom stereocenters. The minimum atomic E-state index is -3.22. The second-order valence-electron chi connectivity index (χ2n) is 4.59. The van der Waals surface area contributed by atoms with Gasteiger partial charge in [0, 0.05) is 19.6 Å². The Morgan fingerprint density at radius 1 is 1.38 bits per heavy atom. The molecule has 0 saturated carbocycles. The van der Waals surface area contributed by atoms with Crippen LogP contribution in [-0.2, 0) is 14.8 Å². The lowest BCUT2D eigenvalue weighted by Gasteiger charge is -2.33. The third kappa shape index (κ3) is 2.11. The Hall–Kier alpha value is -0.170. The van der Waals surface area contributed by atoms with Crippen molar-refractivity contribution in [2.24, 2.45) is 5.73 Å². The topological polar surface area (TPSA) is 72.6 Å². The Morgan fingerprint density at radius 3 is 2.38 bits per heavy atom. The van der Waals surface area contributed by atoms with E-state index in [2.05, 4.69) is 0 Å². The third-order valence-corrected chi connectivity index (χ3v) is 5.90. The number of morpholine rings is 1. The monoisotopic (exact) mass is 248 g/mol. The number of sulfonamides is 1. The summed E-state index contributed by atoms with van der Waals surface area (Å²) in [6.07, 6.45) is 2.74. The summed E-state index contributed by atoms with van der Waals surface area (Å²) in [5.41, 5.74) is 5.52. The molecule has 2 heterocycles. The molecule has 6 heteroatoms. The number of hydrogen-bond acceptors (Lipinski definition) is 4. The van der Waals surface area contributed by atoms with Crippen LogP contribution < -0.4 is 5.73 Å². The summed E-state index contributed by atoms with van der Waals surface area (Å²) in [4.78, 5) is 0. The molecule has 2 rings (SSSR count). The second kappa shape index (κ2) is 4.60. The Morgan fingerprint density at radius 2 is 1.94 bits per heavy atom. The van der Waals surface area contributed by atoms with Crippen molar-refractivity contribution in [1.29, 1.82) is 0 Å². The van der Waals surface area contributed by atoms with Crippen LogP contribution in [0, 0.1) is 0 Å². The van der Waals surface area contributed by atoms with E-state index >= 15 is 0 Å². The fourth-order valence-corrected chi connectivity index (χ4v) is 4.33. The lowest BCUT2D eigenvalue weighted by atomic mass is 10.2. The first-order valence-electron chi connectivity index (χ1n) is 5.92. The van der Waals surface area contributed by atoms with Gasteiger partial charge in [0.1, 0.15) is 0 Å². The summed E-state index contributed by atoms with van der Waals surface area (Å²) in [6, 6.07) is 0. The summed E-state index contributed by atoms with van der Waals surface area (Å²) < 4.78 is 31.7. The highest BCUT2D eigenvalue weighted by Crippen LogP contribution is 2.29. The zero-order valence-electron chi connectivity index (χ0n) is 9.63. The van der Waals surface area contributed by atoms with Crippen molar-refractivity contribution >= 4 is 10.0 Å². The van der Waals surface area contributed by atoms with Crippen LogP contribution in [0.2, 0.25) is 0 Å². The molecular weight excluding hydrogens is 228 g/mol. The van der Waals surface area contributed by atoms with Gasteiger partial charge in [0.2, 0.25) is 10.0 Å². The van der Waals surface area contributed by atoms with Gasteiger partial charge < -0.3 is 10.5 Å². The number of rotatable bonds is 4. The van der Waals surface area contributed by atoms with Crippen LogP contribution in [0.3, 0.4) is 0 Å². The zero-order chi connectivity index (χ0) is 11.8. The lowest BCUT2D eigenvalue weighted by molar-refractivity contribution is -0.0117. The van der Waals surface area contributed by atoms with Gasteiger partial charge in [0.25, 0.3) is 0 Å². The van der Waals surface area contributed by atoms with Gasteiger partial charge in [-0.05, 0) is 19.3 Å². The van der Waals surface area contributed by atoms with E-state index in [1.807, 2.05) is 6.92 Å². The van der Waals surface area contributed by atoms with Crippen molar-refractivity contribution in [3.63, 3.8) is 0 Å². The van der Waals surface area contributed by atoms with E-state index in [1.165, 1.54) is 0 Å². The molecule has 0 amide bonds. The Kier molecular flexibility index (Phi) is 3.53. The fraction of sp³-hybridized carbons (Fsp3) is 1.00. The third-order valence-electron chi connectivity index (χ3n) is 3.51. The molecule has 0 spiro atoms. The van der Waals surface area contributed by atoms with Crippen molar-refractivity contribution in [2.45, 2.75) is 43.6 Å². The van der Waals surface area contributed by atoms with Gasteiger partial charge in [0.05, 0.1) is 17.5 Å². The summed E-state index contributed by atoms with van der Waals surface area (Å²) in [6.45, 7) is 3.08. The van der Waals surface area contributed by atoms with E-state index in [0.717, 1.165) is 12.8 Å². The SMILES string of the molecule is CCC(CN)S(=O)(=O)N1CC2CCC(C1)O2. The molecule has 2 N–H and O–H groups in total. The fourth-order valence-electron chi connectivity index (χ4n) is 2.49. The van der Waals surface area contributed by atoms with E-state index in [9.17, 15) is 8.42 Å². The molecule has 0 aromatic heterocycles. The molecule has 0 aromatic carbocycles. The van der Waals surface area contributed by atoms with E-state index < -0.39 is 15.3 Å². The van der Waals surface area contributed by atoms with Crippen molar-refractivity contribution in [3.8, 4) is 0 Å². The first-order valence-corrected chi connectivity index (χ1v) is 7.42. The minimum absolute atomic E-state index is 0.101. The molecule has 0 radical (unpaired) electrons. The summed E-state index contributed by atoms with van der Waals surface area (Å²) >= 11 is 0. The van der Waals surface area contributed by atoms with Gasteiger partial charge in [0.15, 0.2) is 0 Å². The number of ether oxygens (including phenoxy) is 1. The van der Waals surface area contributed by atoms with E-state index in [0.29, 0.717) is 19.5 Å². The largest absolute Gasteiger partial charge is 0.372 e. The highest BCUT2D eigenvalue weighted by Gasteiger charge is 2.40. The molecule has 3 atom stereocenters. The molecule has 2 fully saturated rings. The van der Waals surface area contributed by atoms with Crippen molar-refractivity contribution in [2.75, 3.05) is 19.6 Å². The Labute approximate surface area is 97.0 Å². The van der Waals surface area contributed by atoms with Crippen LogP contribution >= 0.6 is 0 Å².